The molecule has 0 saturated carbocycles. The monoisotopic (exact) mass is 172 g/mol. The molecule has 13 heavy (non-hydrogen) atoms. The van der Waals surface area contributed by atoms with Crippen molar-refractivity contribution in [1.82, 2.24) is 0 Å². The van der Waals surface area contributed by atoms with Gasteiger partial charge in [-0.05, 0) is 35.8 Å². The van der Waals surface area contributed by atoms with Gasteiger partial charge in [0.25, 0.3) is 0 Å². The van der Waals surface area contributed by atoms with Crippen molar-refractivity contribution in [3.05, 3.63) is 35.4 Å². The average Bonchev–Trinajstić information content (AvgIpc) is 2.16. The zero-order valence-corrected chi connectivity index (χ0v) is 7.62. The fourth-order valence-electron chi connectivity index (χ4n) is 1.17. The second-order valence-corrected chi connectivity index (χ2v) is 2.77. The van der Waals surface area contributed by atoms with Crippen LogP contribution in [0.4, 0.5) is 5.69 Å². The van der Waals surface area contributed by atoms with Crippen molar-refractivity contribution in [3.63, 3.8) is 0 Å². The summed E-state index contributed by atoms with van der Waals surface area (Å²) >= 11 is 0. The Kier molecular flexibility index (Phi) is 3.10. The van der Waals surface area contributed by atoms with Gasteiger partial charge in [0.15, 0.2) is 0 Å². The minimum absolute atomic E-state index is 0.816. The summed E-state index contributed by atoms with van der Waals surface area (Å²) in [4.78, 5) is 0. The normalized spacial score (nSPS) is 10.2. The van der Waals surface area contributed by atoms with Gasteiger partial charge in [-0.25, -0.2) is 0 Å². The van der Waals surface area contributed by atoms with E-state index in [0.717, 1.165) is 23.2 Å². The molecule has 0 aliphatic carbocycles. The van der Waals surface area contributed by atoms with Gasteiger partial charge in [0.1, 0.15) is 0 Å². The molecule has 1 aromatic carbocycles. The van der Waals surface area contributed by atoms with Crippen LogP contribution in [0.15, 0.2) is 24.3 Å². The van der Waals surface area contributed by atoms with Gasteiger partial charge < -0.3 is 5.73 Å². The lowest BCUT2D eigenvalue weighted by atomic mass is 10.1. The minimum atomic E-state index is 0.816. The van der Waals surface area contributed by atoms with Crippen LogP contribution in [-0.4, -0.2) is 0 Å². The van der Waals surface area contributed by atoms with Crippen LogP contribution < -0.4 is 5.73 Å². The summed E-state index contributed by atoms with van der Waals surface area (Å²) in [6, 6.07) is 7.74. The summed E-state index contributed by atoms with van der Waals surface area (Å²) in [6.45, 7) is 2.06. The molecule has 0 aromatic heterocycles. The lowest BCUT2D eigenvalue weighted by molar-refractivity contribution is 1.14. The molecule has 0 amide bonds. The van der Waals surface area contributed by atoms with Crippen LogP contribution in [0.1, 0.15) is 18.1 Å². The summed E-state index contributed by atoms with van der Waals surface area (Å²) in [5.74, 6) is 0. The summed E-state index contributed by atoms with van der Waals surface area (Å²) in [6.07, 6.45) is 4.16. The van der Waals surface area contributed by atoms with E-state index < -0.39 is 0 Å². The number of nitrogen functional groups attached to an aromatic ring is 1. The van der Waals surface area contributed by atoms with Gasteiger partial charge in [-0.2, -0.15) is 5.26 Å². The lowest BCUT2D eigenvalue weighted by Gasteiger charge is -2.02. The fourth-order valence-corrected chi connectivity index (χ4v) is 1.17. The Labute approximate surface area is 78.3 Å². The Morgan fingerprint density at radius 3 is 2.92 bits per heavy atom. The number of hydrogen-bond donors (Lipinski definition) is 1. The highest BCUT2D eigenvalue weighted by molar-refractivity contribution is 5.58. The Balaban J connectivity index is 3.01. The molecule has 2 nitrogen and oxygen atoms in total. The number of nitrogens with zero attached hydrogens (tertiary/aromatic N) is 1. The maximum Gasteiger partial charge on any atom is 0.0912 e. The van der Waals surface area contributed by atoms with Gasteiger partial charge in [0.05, 0.1) is 6.07 Å². The standard InChI is InChI=1S/C11H12N2/c1-2-10-8-9(4-3-7-12)5-6-11(10)13/h3-6,8H,2,13H2,1H3/b4-3+. The molecule has 0 unspecified atom stereocenters. The Bertz CT molecular complexity index is 359. The van der Waals surface area contributed by atoms with Gasteiger partial charge in [-0.1, -0.05) is 13.0 Å². The first-order valence-electron chi connectivity index (χ1n) is 4.22. The van der Waals surface area contributed by atoms with Crippen LogP contribution in [-0.2, 0) is 6.42 Å². The highest BCUT2D eigenvalue weighted by atomic mass is 14.6. The molecule has 0 aliphatic rings. The number of anilines is 1. The number of aryl methyl sites for hydroxylation is 1. The average molecular weight is 172 g/mol. The highest BCUT2D eigenvalue weighted by Crippen LogP contribution is 2.15. The number of allylic oxidation sites excluding steroid dienone is 1. The molecular weight excluding hydrogens is 160 g/mol. The van der Waals surface area contributed by atoms with E-state index in [1.807, 2.05) is 24.3 Å². The molecule has 0 heterocycles. The van der Waals surface area contributed by atoms with Crippen molar-refractivity contribution in [3.8, 4) is 6.07 Å². The lowest BCUT2D eigenvalue weighted by Crippen LogP contribution is -1.92. The van der Waals surface area contributed by atoms with Crippen LogP contribution in [0.5, 0.6) is 0 Å². The third-order valence-electron chi connectivity index (χ3n) is 1.90. The van der Waals surface area contributed by atoms with Gasteiger partial charge in [0, 0.05) is 11.8 Å². The SMILES string of the molecule is CCc1cc(/C=C/C#N)ccc1N. The fraction of sp³-hybridized carbons (Fsp3) is 0.182. The van der Waals surface area contributed by atoms with Crippen molar-refractivity contribution < 1.29 is 0 Å². The van der Waals surface area contributed by atoms with E-state index in [9.17, 15) is 0 Å². The molecule has 2 heteroatoms. The van der Waals surface area contributed by atoms with Gasteiger partial charge in [0.2, 0.25) is 0 Å². The largest absolute Gasteiger partial charge is 0.399 e. The summed E-state index contributed by atoms with van der Waals surface area (Å²) in [7, 11) is 0. The smallest absolute Gasteiger partial charge is 0.0912 e. The van der Waals surface area contributed by atoms with Gasteiger partial charge in [-0.3, -0.25) is 0 Å². The zero-order chi connectivity index (χ0) is 9.68. The molecule has 0 radical (unpaired) electrons. The van der Waals surface area contributed by atoms with E-state index in [1.165, 1.54) is 6.08 Å². The number of nitrogens with two attached hydrogens (primary N) is 1. The minimum Gasteiger partial charge on any atom is -0.399 e. The molecule has 0 atom stereocenters. The van der Waals surface area contributed by atoms with Crippen LogP contribution in [0.25, 0.3) is 6.08 Å². The van der Waals surface area contributed by atoms with Gasteiger partial charge in [-0.15, -0.1) is 0 Å². The van der Waals surface area contributed by atoms with Crippen molar-refractivity contribution in [1.29, 1.82) is 5.26 Å². The topological polar surface area (TPSA) is 49.8 Å². The number of nitriles is 1. The van der Waals surface area contributed by atoms with Crippen molar-refractivity contribution in [2.45, 2.75) is 13.3 Å². The summed E-state index contributed by atoms with van der Waals surface area (Å²) in [5.41, 5.74) is 8.70. The predicted molar refractivity (Wildman–Crippen MR) is 54.9 cm³/mol. The highest BCUT2D eigenvalue weighted by Gasteiger charge is 1.96. The number of rotatable bonds is 2. The van der Waals surface area contributed by atoms with Crippen molar-refractivity contribution in [2.24, 2.45) is 0 Å². The molecule has 1 aromatic rings. The predicted octanol–water partition coefficient (Wildman–Crippen LogP) is 2.37. The van der Waals surface area contributed by atoms with E-state index in [0.29, 0.717) is 0 Å². The second-order valence-electron chi connectivity index (χ2n) is 2.77. The summed E-state index contributed by atoms with van der Waals surface area (Å²) in [5, 5.41) is 8.35. The quantitative estimate of drug-likeness (QED) is 0.550. The number of hydrogen-bond acceptors (Lipinski definition) is 2. The molecule has 0 spiro atoms. The van der Waals surface area contributed by atoms with Crippen LogP contribution in [0.3, 0.4) is 0 Å². The number of benzene rings is 1. The van der Waals surface area contributed by atoms with E-state index in [-0.39, 0.29) is 0 Å². The van der Waals surface area contributed by atoms with Crippen LogP contribution >= 0.6 is 0 Å². The molecule has 0 fully saturated rings. The molecular formula is C11H12N2. The van der Waals surface area contributed by atoms with Crippen molar-refractivity contribution >= 4 is 11.8 Å². The van der Waals surface area contributed by atoms with Crippen molar-refractivity contribution in [2.75, 3.05) is 5.73 Å². The maximum absolute atomic E-state index is 8.35. The third kappa shape index (κ3) is 2.34. The first kappa shape index (κ1) is 9.34. The maximum atomic E-state index is 8.35. The van der Waals surface area contributed by atoms with Crippen LogP contribution in [0.2, 0.25) is 0 Å². The molecule has 0 bridgehead atoms. The zero-order valence-electron chi connectivity index (χ0n) is 7.62. The second kappa shape index (κ2) is 4.32. The molecule has 2 N–H and O–H groups in total. The van der Waals surface area contributed by atoms with Crippen LogP contribution in [0, 0.1) is 11.3 Å². The summed E-state index contributed by atoms with van der Waals surface area (Å²) < 4.78 is 0. The molecule has 0 saturated heterocycles. The molecule has 1 rings (SSSR count). The van der Waals surface area contributed by atoms with E-state index in [1.54, 1.807) is 6.08 Å². The first-order valence-corrected chi connectivity index (χ1v) is 4.22. The third-order valence-corrected chi connectivity index (χ3v) is 1.90. The first-order chi connectivity index (χ1) is 6.27. The van der Waals surface area contributed by atoms with E-state index in [2.05, 4.69) is 6.92 Å². The molecule has 66 valence electrons. The van der Waals surface area contributed by atoms with Gasteiger partial charge >= 0.3 is 0 Å². The molecule has 0 aliphatic heterocycles. The van der Waals surface area contributed by atoms with E-state index >= 15 is 0 Å². The Morgan fingerprint density at radius 2 is 2.31 bits per heavy atom. The van der Waals surface area contributed by atoms with E-state index in [4.69, 9.17) is 11.0 Å². The Hall–Kier alpha value is -1.75. The Morgan fingerprint density at radius 1 is 1.54 bits per heavy atom.